The number of hydrogen-bond acceptors (Lipinski definition) is 7. The van der Waals surface area contributed by atoms with E-state index >= 15 is 0 Å². The number of carbonyl (C=O) groups excluding carboxylic acids is 2. The number of carbonyl (C=O) groups is 3. The summed E-state index contributed by atoms with van der Waals surface area (Å²) in [5.74, 6) is -2.07. The van der Waals surface area contributed by atoms with E-state index in [-0.39, 0.29) is 33.4 Å². The Balaban J connectivity index is 1.67. The first-order chi connectivity index (χ1) is 16.2. The van der Waals surface area contributed by atoms with Crippen LogP contribution in [0.15, 0.2) is 64.6 Å². The fourth-order valence-corrected chi connectivity index (χ4v) is 3.63. The third-order valence-electron chi connectivity index (χ3n) is 5.08. The minimum absolute atomic E-state index is 0.0264. The second-order valence-electron chi connectivity index (χ2n) is 7.27. The molecule has 0 spiro atoms. The number of anilines is 1. The topological polar surface area (TPSA) is 143 Å². The Morgan fingerprint density at radius 2 is 1.85 bits per heavy atom. The number of thiocarbonyl (C=S) groups is 1. The molecule has 1 saturated heterocycles. The van der Waals surface area contributed by atoms with Crippen LogP contribution >= 0.6 is 12.2 Å². The van der Waals surface area contributed by atoms with E-state index in [1.54, 1.807) is 19.1 Å². The van der Waals surface area contributed by atoms with Crippen LogP contribution in [-0.4, -0.2) is 32.9 Å². The number of aromatic carboxylic acids is 1. The minimum atomic E-state index is -1.12. The van der Waals surface area contributed by atoms with E-state index in [0.29, 0.717) is 11.3 Å². The van der Waals surface area contributed by atoms with Gasteiger partial charge in [-0.05, 0) is 67.2 Å². The first-order valence-electron chi connectivity index (χ1n) is 9.76. The maximum Gasteiger partial charge on any atom is 0.335 e. The summed E-state index contributed by atoms with van der Waals surface area (Å²) >= 11 is 5.13. The zero-order valence-electron chi connectivity index (χ0n) is 17.5. The lowest BCUT2D eigenvalue weighted by Crippen LogP contribution is -2.54. The summed E-state index contributed by atoms with van der Waals surface area (Å²) in [6.45, 7) is 1.77. The van der Waals surface area contributed by atoms with Crippen LogP contribution in [0, 0.1) is 17.0 Å². The number of non-ortho nitro benzene ring substituents is 1. The summed E-state index contributed by atoms with van der Waals surface area (Å²) in [6.07, 6.45) is 1.24. The normalized spacial score (nSPS) is 14.9. The van der Waals surface area contributed by atoms with Gasteiger partial charge in [0.15, 0.2) is 5.11 Å². The summed E-state index contributed by atoms with van der Waals surface area (Å²) in [5, 5.41) is 22.4. The molecule has 11 heteroatoms. The number of furan rings is 1. The van der Waals surface area contributed by atoms with Crippen LogP contribution in [0.25, 0.3) is 17.4 Å². The summed E-state index contributed by atoms with van der Waals surface area (Å²) in [7, 11) is 0. The molecule has 4 rings (SSSR count). The largest absolute Gasteiger partial charge is 0.478 e. The fourth-order valence-electron chi connectivity index (χ4n) is 3.35. The molecule has 3 aromatic rings. The van der Waals surface area contributed by atoms with E-state index in [2.05, 4.69) is 5.32 Å². The SMILES string of the molecule is Cc1ccc([N+](=O)[O-])cc1-c1ccc(/C=C2\C(=O)NC(=S)N(c3ccc(C(=O)O)cc3)C2=O)o1. The van der Waals surface area contributed by atoms with Gasteiger partial charge in [0.05, 0.1) is 16.2 Å². The number of aryl methyl sites for hydroxylation is 1. The number of carboxylic acid groups (broad SMARTS) is 1. The fraction of sp³-hybridized carbons (Fsp3) is 0.0435. The summed E-state index contributed by atoms with van der Waals surface area (Å²) in [4.78, 5) is 48.3. The van der Waals surface area contributed by atoms with Gasteiger partial charge < -0.3 is 9.52 Å². The Bertz CT molecular complexity index is 1410. The van der Waals surface area contributed by atoms with Gasteiger partial charge in [-0.3, -0.25) is 29.9 Å². The molecule has 0 aliphatic carbocycles. The minimum Gasteiger partial charge on any atom is -0.478 e. The maximum absolute atomic E-state index is 13.1. The molecule has 0 atom stereocenters. The van der Waals surface area contributed by atoms with Crippen molar-refractivity contribution in [3.63, 3.8) is 0 Å². The molecule has 0 unspecified atom stereocenters. The van der Waals surface area contributed by atoms with Crippen molar-refractivity contribution < 1.29 is 28.8 Å². The van der Waals surface area contributed by atoms with Crippen molar-refractivity contribution in [1.29, 1.82) is 0 Å². The van der Waals surface area contributed by atoms with E-state index in [1.165, 1.54) is 48.5 Å². The van der Waals surface area contributed by atoms with Crippen molar-refractivity contribution in [3.05, 3.63) is 87.2 Å². The number of nitro benzene ring substituents is 1. The summed E-state index contributed by atoms with van der Waals surface area (Å²) in [6, 6.07) is 12.9. The number of nitrogens with one attached hydrogen (secondary N) is 1. The lowest BCUT2D eigenvalue weighted by molar-refractivity contribution is -0.384. The molecule has 1 aliphatic heterocycles. The molecule has 0 radical (unpaired) electrons. The van der Waals surface area contributed by atoms with E-state index < -0.39 is 22.7 Å². The highest BCUT2D eigenvalue weighted by Crippen LogP contribution is 2.30. The van der Waals surface area contributed by atoms with Crippen molar-refractivity contribution in [3.8, 4) is 11.3 Å². The highest BCUT2D eigenvalue weighted by Gasteiger charge is 2.34. The van der Waals surface area contributed by atoms with Crippen LogP contribution in [0.5, 0.6) is 0 Å². The van der Waals surface area contributed by atoms with Crippen molar-refractivity contribution in [2.75, 3.05) is 4.90 Å². The zero-order valence-corrected chi connectivity index (χ0v) is 18.3. The van der Waals surface area contributed by atoms with Crippen molar-refractivity contribution in [2.45, 2.75) is 6.92 Å². The maximum atomic E-state index is 13.1. The zero-order chi connectivity index (χ0) is 24.6. The van der Waals surface area contributed by atoms with E-state index in [1.807, 2.05) is 0 Å². The predicted octanol–water partition coefficient (Wildman–Crippen LogP) is 3.69. The van der Waals surface area contributed by atoms with E-state index in [9.17, 15) is 24.5 Å². The smallest absolute Gasteiger partial charge is 0.335 e. The van der Waals surface area contributed by atoms with Gasteiger partial charge in [0.25, 0.3) is 17.5 Å². The van der Waals surface area contributed by atoms with Gasteiger partial charge in [-0.15, -0.1) is 0 Å². The second kappa shape index (κ2) is 8.71. The predicted molar refractivity (Wildman–Crippen MR) is 125 cm³/mol. The highest BCUT2D eigenvalue weighted by atomic mass is 32.1. The number of nitrogens with zero attached hydrogens (tertiary/aromatic N) is 2. The van der Waals surface area contributed by atoms with Crippen LogP contribution in [0.3, 0.4) is 0 Å². The number of benzene rings is 2. The number of amides is 2. The molecule has 1 aromatic heterocycles. The third-order valence-corrected chi connectivity index (χ3v) is 5.37. The number of hydrogen-bond donors (Lipinski definition) is 2. The molecule has 2 heterocycles. The third kappa shape index (κ3) is 4.19. The summed E-state index contributed by atoms with van der Waals surface area (Å²) in [5.41, 5.74) is 1.19. The quantitative estimate of drug-likeness (QED) is 0.186. The average Bonchev–Trinajstić information content (AvgIpc) is 3.25. The van der Waals surface area contributed by atoms with Gasteiger partial charge >= 0.3 is 5.97 Å². The van der Waals surface area contributed by atoms with Gasteiger partial charge in [0.2, 0.25) is 0 Å². The van der Waals surface area contributed by atoms with Crippen LogP contribution in [0.1, 0.15) is 21.7 Å². The van der Waals surface area contributed by atoms with Gasteiger partial charge in [0.1, 0.15) is 17.1 Å². The van der Waals surface area contributed by atoms with Crippen LogP contribution in [0.4, 0.5) is 11.4 Å². The molecule has 0 bridgehead atoms. The Kier molecular flexibility index (Phi) is 5.78. The Morgan fingerprint density at radius 3 is 2.50 bits per heavy atom. The van der Waals surface area contributed by atoms with E-state index in [0.717, 1.165) is 10.5 Å². The molecule has 1 fully saturated rings. The Hall–Kier alpha value is -4.64. The lowest BCUT2D eigenvalue weighted by atomic mass is 10.1. The van der Waals surface area contributed by atoms with Gasteiger partial charge in [-0.2, -0.15) is 0 Å². The standard InChI is InChI=1S/C23H15N3O7S/c1-12-2-5-15(26(31)32)10-17(12)19-9-8-16(33-19)11-18-20(27)24-23(34)25(21(18)28)14-6-3-13(4-7-14)22(29)30/h2-11H,1H3,(H,29,30)(H,24,27,34)/b18-11+. The molecule has 2 N–H and O–H groups in total. The first-order valence-corrected chi connectivity index (χ1v) is 10.2. The van der Waals surface area contributed by atoms with Gasteiger partial charge in [-0.1, -0.05) is 6.07 Å². The Morgan fingerprint density at radius 1 is 1.15 bits per heavy atom. The monoisotopic (exact) mass is 477 g/mol. The van der Waals surface area contributed by atoms with E-state index in [4.69, 9.17) is 21.7 Å². The van der Waals surface area contributed by atoms with Crippen molar-refractivity contribution >= 4 is 52.6 Å². The molecule has 2 amide bonds. The average molecular weight is 477 g/mol. The van der Waals surface area contributed by atoms with Gasteiger partial charge in [0, 0.05) is 17.7 Å². The van der Waals surface area contributed by atoms with Crippen molar-refractivity contribution in [2.24, 2.45) is 0 Å². The Labute approximate surface area is 197 Å². The van der Waals surface area contributed by atoms with Crippen LogP contribution in [-0.2, 0) is 9.59 Å². The molecule has 1 aliphatic rings. The molecular formula is C23H15N3O7S. The van der Waals surface area contributed by atoms with Crippen LogP contribution in [0.2, 0.25) is 0 Å². The molecular weight excluding hydrogens is 462 g/mol. The van der Waals surface area contributed by atoms with Gasteiger partial charge in [-0.25, -0.2) is 4.79 Å². The molecule has 0 saturated carbocycles. The highest BCUT2D eigenvalue weighted by molar-refractivity contribution is 7.80. The number of carboxylic acids is 1. The molecule has 170 valence electrons. The number of nitro groups is 1. The molecule has 10 nitrogen and oxygen atoms in total. The second-order valence-corrected chi connectivity index (χ2v) is 7.65. The first kappa shape index (κ1) is 22.6. The van der Waals surface area contributed by atoms with Crippen molar-refractivity contribution in [1.82, 2.24) is 5.32 Å². The lowest BCUT2D eigenvalue weighted by Gasteiger charge is -2.28. The molecule has 34 heavy (non-hydrogen) atoms. The van der Waals surface area contributed by atoms with Crippen LogP contribution < -0.4 is 10.2 Å². The summed E-state index contributed by atoms with van der Waals surface area (Å²) < 4.78 is 5.75. The number of rotatable bonds is 5. The molecule has 2 aromatic carbocycles.